The summed E-state index contributed by atoms with van der Waals surface area (Å²) in [7, 11) is 0. The van der Waals surface area contributed by atoms with Crippen LogP contribution in [0.2, 0.25) is 0 Å². The number of pyridine rings is 1. The molecule has 0 unspecified atom stereocenters. The predicted molar refractivity (Wildman–Crippen MR) is 73.6 cm³/mol. The molecule has 0 aliphatic rings. The van der Waals surface area contributed by atoms with E-state index in [4.69, 9.17) is 5.11 Å². The van der Waals surface area contributed by atoms with Crippen molar-refractivity contribution in [3.8, 4) is 11.3 Å². The van der Waals surface area contributed by atoms with Gasteiger partial charge in [0.1, 0.15) is 5.56 Å². The first-order valence-corrected chi connectivity index (χ1v) is 6.09. The largest absolute Gasteiger partial charge is 0.477 e. The van der Waals surface area contributed by atoms with E-state index in [-0.39, 0.29) is 5.56 Å². The van der Waals surface area contributed by atoms with E-state index in [1.807, 2.05) is 38.1 Å². The monoisotopic (exact) mass is 257 g/mol. The summed E-state index contributed by atoms with van der Waals surface area (Å²) in [4.78, 5) is 25.4. The number of carbonyl (C=O) groups is 1. The summed E-state index contributed by atoms with van der Waals surface area (Å²) >= 11 is 0. The van der Waals surface area contributed by atoms with Crippen LogP contribution < -0.4 is 5.56 Å². The number of aryl methyl sites for hydroxylation is 2. The second-order valence-electron chi connectivity index (χ2n) is 4.44. The SMILES string of the molecule is CCc1cc(C(=O)O)c(=O)[nH]c1-c1ccc(C)cc1. The molecule has 0 bridgehead atoms. The van der Waals surface area contributed by atoms with E-state index in [2.05, 4.69) is 4.98 Å². The molecule has 0 aliphatic heterocycles. The van der Waals surface area contributed by atoms with Gasteiger partial charge in [-0.25, -0.2) is 4.79 Å². The van der Waals surface area contributed by atoms with Crippen molar-refractivity contribution in [3.63, 3.8) is 0 Å². The van der Waals surface area contributed by atoms with Crippen LogP contribution in [0, 0.1) is 6.92 Å². The fourth-order valence-electron chi connectivity index (χ4n) is 1.99. The van der Waals surface area contributed by atoms with Gasteiger partial charge in [0.2, 0.25) is 0 Å². The summed E-state index contributed by atoms with van der Waals surface area (Å²) in [5.74, 6) is -1.20. The highest BCUT2D eigenvalue weighted by Gasteiger charge is 2.13. The van der Waals surface area contributed by atoms with Crippen LogP contribution in [0.25, 0.3) is 11.3 Å². The molecule has 0 fully saturated rings. The number of aromatic nitrogens is 1. The van der Waals surface area contributed by atoms with Crippen molar-refractivity contribution in [1.29, 1.82) is 0 Å². The molecule has 19 heavy (non-hydrogen) atoms. The number of H-pyrrole nitrogens is 1. The van der Waals surface area contributed by atoms with Crippen molar-refractivity contribution in [2.45, 2.75) is 20.3 Å². The third kappa shape index (κ3) is 2.57. The lowest BCUT2D eigenvalue weighted by Crippen LogP contribution is -2.19. The Bertz CT molecular complexity index is 669. The number of hydrogen-bond acceptors (Lipinski definition) is 2. The normalized spacial score (nSPS) is 10.4. The highest BCUT2D eigenvalue weighted by Crippen LogP contribution is 2.21. The van der Waals surface area contributed by atoms with Gasteiger partial charge in [-0.2, -0.15) is 0 Å². The molecule has 2 N–H and O–H groups in total. The van der Waals surface area contributed by atoms with Gasteiger partial charge in [-0.15, -0.1) is 0 Å². The molecular weight excluding hydrogens is 242 g/mol. The maximum absolute atomic E-state index is 11.8. The quantitative estimate of drug-likeness (QED) is 0.887. The van der Waals surface area contributed by atoms with Crippen LogP contribution in [-0.2, 0) is 6.42 Å². The molecule has 1 heterocycles. The van der Waals surface area contributed by atoms with Gasteiger partial charge in [0.25, 0.3) is 5.56 Å². The third-order valence-electron chi connectivity index (χ3n) is 3.07. The zero-order chi connectivity index (χ0) is 14.0. The van der Waals surface area contributed by atoms with Gasteiger partial charge in [-0.1, -0.05) is 36.8 Å². The summed E-state index contributed by atoms with van der Waals surface area (Å²) in [6, 6.07) is 9.20. The number of carboxylic acids is 1. The molecule has 1 aromatic carbocycles. The summed E-state index contributed by atoms with van der Waals surface area (Å²) in [5.41, 5.74) is 2.74. The topological polar surface area (TPSA) is 70.2 Å². The first kappa shape index (κ1) is 13.1. The van der Waals surface area contributed by atoms with Gasteiger partial charge >= 0.3 is 5.97 Å². The minimum atomic E-state index is -1.20. The first-order valence-electron chi connectivity index (χ1n) is 6.09. The molecule has 0 spiro atoms. The van der Waals surface area contributed by atoms with Gasteiger partial charge in [0, 0.05) is 0 Å². The van der Waals surface area contributed by atoms with E-state index in [1.165, 1.54) is 6.07 Å². The van der Waals surface area contributed by atoms with Crippen LogP contribution in [0.5, 0.6) is 0 Å². The molecule has 0 radical (unpaired) electrons. The summed E-state index contributed by atoms with van der Waals surface area (Å²) in [5, 5.41) is 8.96. The molecule has 0 atom stereocenters. The summed E-state index contributed by atoms with van der Waals surface area (Å²) < 4.78 is 0. The Morgan fingerprint density at radius 3 is 2.42 bits per heavy atom. The molecule has 4 heteroatoms. The van der Waals surface area contributed by atoms with E-state index in [0.29, 0.717) is 12.1 Å². The molecule has 0 saturated carbocycles. The number of rotatable bonds is 3. The van der Waals surface area contributed by atoms with Crippen LogP contribution in [0.3, 0.4) is 0 Å². The number of aromatic amines is 1. The number of carboxylic acid groups (broad SMARTS) is 1. The highest BCUT2D eigenvalue weighted by molar-refractivity contribution is 5.88. The van der Waals surface area contributed by atoms with Crippen LogP contribution in [-0.4, -0.2) is 16.1 Å². The second kappa shape index (κ2) is 5.10. The average Bonchev–Trinajstić information content (AvgIpc) is 2.39. The van der Waals surface area contributed by atoms with Crippen LogP contribution in [0.4, 0.5) is 0 Å². The molecule has 0 saturated heterocycles. The Morgan fingerprint density at radius 2 is 1.89 bits per heavy atom. The maximum atomic E-state index is 11.8. The number of aromatic carboxylic acids is 1. The molecule has 0 aliphatic carbocycles. The van der Waals surface area contributed by atoms with Crippen molar-refractivity contribution in [2.75, 3.05) is 0 Å². The molecule has 2 aromatic rings. The Labute approximate surface area is 110 Å². The van der Waals surface area contributed by atoms with E-state index >= 15 is 0 Å². The molecule has 2 rings (SSSR count). The second-order valence-corrected chi connectivity index (χ2v) is 4.44. The fourth-order valence-corrected chi connectivity index (χ4v) is 1.99. The van der Waals surface area contributed by atoms with Crippen molar-refractivity contribution in [3.05, 3.63) is 57.4 Å². The maximum Gasteiger partial charge on any atom is 0.341 e. The Hall–Kier alpha value is -2.36. The van der Waals surface area contributed by atoms with Crippen molar-refractivity contribution < 1.29 is 9.90 Å². The molecule has 98 valence electrons. The van der Waals surface area contributed by atoms with Crippen LogP contribution in [0.1, 0.15) is 28.4 Å². The van der Waals surface area contributed by atoms with Crippen molar-refractivity contribution in [1.82, 2.24) is 4.98 Å². The third-order valence-corrected chi connectivity index (χ3v) is 3.07. The van der Waals surface area contributed by atoms with Crippen LogP contribution in [0.15, 0.2) is 35.1 Å². The smallest absolute Gasteiger partial charge is 0.341 e. The van der Waals surface area contributed by atoms with Crippen LogP contribution >= 0.6 is 0 Å². The molecule has 4 nitrogen and oxygen atoms in total. The number of nitrogens with one attached hydrogen (secondary N) is 1. The lowest BCUT2D eigenvalue weighted by atomic mass is 10.0. The Kier molecular flexibility index (Phi) is 3.51. The van der Waals surface area contributed by atoms with Gasteiger partial charge in [0.15, 0.2) is 0 Å². The van der Waals surface area contributed by atoms with E-state index < -0.39 is 11.5 Å². The molecule has 1 aromatic heterocycles. The molecule has 0 amide bonds. The average molecular weight is 257 g/mol. The van der Waals surface area contributed by atoms with Crippen molar-refractivity contribution in [2.24, 2.45) is 0 Å². The zero-order valence-corrected chi connectivity index (χ0v) is 10.9. The van der Waals surface area contributed by atoms with Crippen molar-refractivity contribution >= 4 is 5.97 Å². The standard InChI is InChI=1S/C15H15NO3/c1-3-10-8-12(15(18)19)14(17)16-13(10)11-6-4-9(2)5-7-11/h4-8H,3H2,1-2H3,(H,16,17)(H,18,19). The fraction of sp³-hybridized carbons (Fsp3) is 0.200. The van der Waals surface area contributed by atoms with E-state index in [1.54, 1.807) is 0 Å². The first-order chi connectivity index (χ1) is 9.02. The zero-order valence-electron chi connectivity index (χ0n) is 10.9. The predicted octanol–water partition coefficient (Wildman–Crippen LogP) is 2.61. The minimum absolute atomic E-state index is 0.215. The molecular formula is C15H15NO3. The van der Waals surface area contributed by atoms with E-state index in [0.717, 1.165) is 16.7 Å². The van der Waals surface area contributed by atoms with Gasteiger partial charge in [-0.3, -0.25) is 4.79 Å². The Balaban J connectivity index is 2.63. The highest BCUT2D eigenvalue weighted by atomic mass is 16.4. The lowest BCUT2D eigenvalue weighted by molar-refractivity contribution is 0.0695. The Morgan fingerprint density at radius 1 is 1.26 bits per heavy atom. The number of hydrogen-bond donors (Lipinski definition) is 2. The minimum Gasteiger partial charge on any atom is -0.477 e. The summed E-state index contributed by atoms with van der Waals surface area (Å²) in [6.45, 7) is 3.91. The van der Waals surface area contributed by atoms with Gasteiger partial charge in [0.05, 0.1) is 5.69 Å². The number of benzene rings is 1. The lowest BCUT2D eigenvalue weighted by Gasteiger charge is -2.09. The van der Waals surface area contributed by atoms with Gasteiger partial charge < -0.3 is 10.1 Å². The summed E-state index contributed by atoms with van der Waals surface area (Å²) in [6.07, 6.45) is 0.653. The van der Waals surface area contributed by atoms with Gasteiger partial charge in [-0.05, 0) is 30.5 Å². The van der Waals surface area contributed by atoms with E-state index in [9.17, 15) is 9.59 Å².